The number of fused-ring (bicyclic) bond motifs is 1. The van der Waals surface area contributed by atoms with E-state index in [2.05, 4.69) is 51.4 Å². The summed E-state index contributed by atoms with van der Waals surface area (Å²) < 4.78 is 11.4. The molecule has 27 heavy (non-hydrogen) atoms. The van der Waals surface area contributed by atoms with Gasteiger partial charge in [-0.2, -0.15) is 0 Å². The van der Waals surface area contributed by atoms with Crippen LogP contribution in [0.5, 0.6) is 0 Å². The molecule has 2 aliphatic rings. The Labute approximate surface area is 159 Å². The van der Waals surface area contributed by atoms with Crippen molar-refractivity contribution in [2.24, 2.45) is 0 Å². The molecule has 0 saturated carbocycles. The number of carbonyl (C=O) groups is 1. The lowest BCUT2D eigenvalue weighted by atomic mass is 10.1. The number of nitrogens with zero attached hydrogens (tertiary/aromatic N) is 3. The van der Waals surface area contributed by atoms with Crippen molar-refractivity contribution in [2.45, 2.75) is 25.6 Å². The summed E-state index contributed by atoms with van der Waals surface area (Å²) in [6.45, 7) is 5.39. The largest absolute Gasteiger partial charge is 0.437 e. The van der Waals surface area contributed by atoms with Crippen LogP contribution in [0.2, 0.25) is 0 Å². The number of rotatable bonds is 5. The van der Waals surface area contributed by atoms with Gasteiger partial charge in [0.25, 0.3) is 5.89 Å². The minimum absolute atomic E-state index is 0.0126. The molecular weight excluding hydrogens is 344 g/mol. The van der Waals surface area contributed by atoms with Gasteiger partial charge in [0.1, 0.15) is 5.76 Å². The Hall–Kier alpha value is -2.22. The second-order valence-corrected chi connectivity index (χ2v) is 7.30. The fourth-order valence-corrected chi connectivity index (χ4v) is 3.60. The molecule has 0 aliphatic carbocycles. The van der Waals surface area contributed by atoms with Crippen LogP contribution in [0.4, 0.5) is 0 Å². The maximum atomic E-state index is 12.4. The minimum atomic E-state index is -0.268. The summed E-state index contributed by atoms with van der Waals surface area (Å²) in [5.74, 6) is 0.722. The number of hydrogen-bond acceptors (Lipinski definition) is 6. The van der Waals surface area contributed by atoms with Crippen LogP contribution >= 0.6 is 0 Å². The summed E-state index contributed by atoms with van der Waals surface area (Å²) in [6, 6.07) is 10.4. The summed E-state index contributed by atoms with van der Waals surface area (Å²) in [4.78, 5) is 21.4. The first-order valence-corrected chi connectivity index (χ1v) is 9.50. The van der Waals surface area contributed by atoms with Crippen LogP contribution in [0.25, 0.3) is 0 Å². The zero-order valence-corrected chi connectivity index (χ0v) is 15.7. The number of carbonyl (C=O) groups excluding carboxylic acids is 1. The second-order valence-electron chi connectivity index (χ2n) is 7.30. The van der Waals surface area contributed by atoms with Gasteiger partial charge in [-0.25, -0.2) is 4.98 Å². The molecule has 1 amide bonds. The predicted molar refractivity (Wildman–Crippen MR) is 100 cm³/mol. The van der Waals surface area contributed by atoms with Crippen molar-refractivity contribution in [2.75, 3.05) is 39.8 Å². The second kappa shape index (κ2) is 8.21. The molecule has 7 heteroatoms. The number of benzene rings is 1. The van der Waals surface area contributed by atoms with Crippen molar-refractivity contribution in [3.8, 4) is 0 Å². The Bertz CT molecular complexity index is 777. The lowest BCUT2D eigenvalue weighted by molar-refractivity contribution is -0.0176. The van der Waals surface area contributed by atoms with E-state index in [4.69, 9.17) is 9.15 Å². The van der Waals surface area contributed by atoms with Crippen LogP contribution in [0.1, 0.15) is 27.7 Å². The Morgan fingerprint density at radius 1 is 1.30 bits per heavy atom. The number of amides is 1. The highest BCUT2D eigenvalue weighted by Crippen LogP contribution is 2.21. The van der Waals surface area contributed by atoms with E-state index in [0.717, 1.165) is 44.1 Å². The SMILES string of the molecule is CN1CCOC(CNC(=O)c2nc3c(o2)CCN(Cc2ccccc2)C3)C1. The molecule has 1 atom stereocenters. The smallest absolute Gasteiger partial charge is 0.307 e. The molecular formula is C20H26N4O3. The lowest BCUT2D eigenvalue weighted by Crippen LogP contribution is -2.45. The molecule has 144 valence electrons. The van der Waals surface area contributed by atoms with E-state index >= 15 is 0 Å². The van der Waals surface area contributed by atoms with Crippen LogP contribution in [0.3, 0.4) is 0 Å². The third-order valence-corrected chi connectivity index (χ3v) is 5.08. The first-order valence-electron chi connectivity index (χ1n) is 9.50. The number of oxazole rings is 1. The van der Waals surface area contributed by atoms with Gasteiger partial charge >= 0.3 is 5.91 Å². The van der Waals surface area contributed by atoms with Gasteiger partial charge in [-0.15, -0.1) is 0 Å². The maximum absolute atomic E-state index is 12.4. The molecule has 7 nitrogen and oxygen atoms in total. The van der Waals surface area contributed by atoms with E-state index < -0.39 is 0 Å². The molecule has 1 saturated heterocycles. The fourth-order valence-electron chi connectivity index (χ4n) is 3.60. The molecule has 1 unspecified atom stereocenters. The third-order valence-electron chi connectivity index (χ3n) is 5.08. The molecule has 1 aromatic carbocycles. The average Bonchev–Trinajstić information content (AvgIpc) is 3.10. The molecule has 3 heterocycles. The van der Waals surface area contributed by atoms with Crippen LogP contribution in [-0.4, -0.2) is 66.6 Å². The number of morpholine rings is 1. The zero-order chi connectivity index (χ0) is 18.6. The molecule has 4 rings (SSSR count). The van der Waals surface area contributed by atoms with Gasteiger partial charge in [-0.1, -0.05) is 30.3 Å². The van der Waals surface area contributed by atoms with E-state index in [9.17, 15) is 4.79 Å². The lowest BCUT2D eigenvalue weighted by Gasteiger charge is -2.29. The van der Waals surface area contributed by atoms with Crippen molar-refractivity contribution in [3.05, 3.63) is 53.2 Å². The Kier molecular flexibility index (Phi) is 5.52. The number of hydrogen-bond donors (Lipinski definition) is 1. The van der Waals surface area contributed by atoms with Gasteiger partial charge in [-0.3, -0.25) is 9.69 Å². The summed E-state index contributed by atoms with van der Waals surface area (Å²) >= 11 is 0. The van der Waals surface area contributed by atoms with Crippen molar-refractivity contribution < 1.29 is 13.9 Å². The number of ether oxygens (including phenoxy) is 1. The monoisotopic (exact) mass is 370 g/mol. The molecule has 0 spiro atoms. The van der Waals surface area contributed by atoms with E-state index in [-0.39, 0.29) is 17.9 Å². The average molecular weight is 370 g/mol. The molecule has 2 aromatic rings. The molecule has 0 bridgehead atoms. The first kappa shape index (κ1) is 18.2. The molecule has 2 aliphatic heterocycles. The van der Waals surface area contributed by atoms with E-state index in [1.54, 1.807) is 0 Å². The van der Waals surface area contributed by atoms with Gasteiger partial charge in [0.15, 0.2) is 0 Å². The third kappa shape index (κ3) is 4.55. The highest BCUT2D eigenvalue weighted by atomic mass is 16.5. The summed E-state index contributed by atoms with van der Waals surface area (Å²) in [5.41, 5.74) is 2.15. The van der Waals surface area contributed by atoms with Crippen molar-refractivity contribution >= 4 is 5.91 Å². The van der Waals surface area contributed by atoms with Crippen molar-refractivity contribution in [3.63, 3.8) is 0 Å². The molecule has 0 radical (unpaired) electrons. The zero-order valence-electron chi connectivity index (χ0n) is 15.7. The van der Waals surface area contributed by atoms with Gasteiger partial charge in [0.2, 0.25) is 0 Å². The molecule has 1 N–H and O–H groups in total. The Balaban J connectivity index is 1.33. The topological polar surface area (TPSA) is 70.8 Å². The fraction of sp³-hybridized carbons (Fsp3) is 0.500. The van der Waals surface area contributed by atoms with Crippen molar-refractivity contribution in [1.82, 2.24) is 20.1 Å². The van der Waals surface area contributed by atoms with Crippen LogP contribution in [0, 0.1) is 0 Å². The predicted octanol–water partition coefficient (Wildman–Crippen LogP) is 1.29. The highest BCUT2D eigenvalue weighted by Gasteiger charge is 2.26. The van der Waals surface area contributed by atoms with Crippen LogP contribution in [-0.2, 0) is 24.2 Å². The summed E-state index contributed by atoms with van der Waals surface area (Å²) in [6.07, 6.45) is 0.789. The van der Waals surface area contributed by atoms with Crippen molar-refractivity contribution in [1.29, 1.82) is 0 Å². The summed E-state index contributed by atoms with van der Waals surface area (Å²) in [5, 5.41) is 2.89. The normalized spacial score (nSPS) is 21.0. The van der Waals surface area contributed by atoms with E-state index in [1.807, 2.05) is 6.07 Å². The van der Waals surface area contributed by atoms with Gasteiger partial charge in [0, 0.05) is 45.7 Å². The Morgan fingerprint density at radius 2 is 2.15 bits per heavy atom. The maximum Gasteiger partial charge on any atom is 0.307 e. The van der Waals surface area contributed by atoms with Gasteiger partial charge < -0.3 is 19.4 Å². The number of aromatic nitrogens is 1. The van der Waals surface area contributed by atoms with Crippen LogP contribution in [0.15, 0.2) is 34.7 Å². The number of nitrogens with one attached hydrogen (secondary N) is 1. The van der Waals surface area contributed by atoms with Crippen LogP contribution < -0.4 is 5.32 Å². The quantitative estimate of drug-likeness (QED) is 0.855. The standard InChI is InChI=1S/C20H26N4O3/c1-23-9-10-26-16(13-23)11-21-19(25)20-22-17-14-24(8-7-18(17)27-20)12-15-5-3-2-4-6-15/h2-6,16H,7-14H2,1H3,(H,21,25). The van der Waals surface area contributed by atoms with E-state index in [1.165, 1.54) is 5.56 Å². The van der Waals surface area contributed by atoms with Gasteiger partial charge in [-0.05, 0) is 12.6 Å². The van der Waals surface area contributed by atoms with E-state index in [0.29, 0.717) is 19.7 Å². The number of likely N-dealkylation sites (N-methyl/N-ethyl adjacent to an activating group) is 1. The Morgan fingerprint density at radius 3 is 2.96 bits per heavy atom. The van der Waals surface area contributed by atoms with Gasteiger partial charge in [0.05, 0.1) is 18.4 Å². The minimum Gasteiger partial charge on any atom is -0.437 e. The highest BCUT2D eigenvalue weighted by molar-refractivity contribution is 5.89. The first-order chi connectivity index (χ1) is 13.2. The molecule has 1 aromatic heterocycles. The summed E-state index contributed by atoms with van der Waals surface area (Å²) in [7, 11) is 2.06. The molecule has 1 fully saturated rings.